The molecule has 0 aliphatic rings. The van der Waals surface area contributed by atoms with Crippen LogP contribution in [0.4, 0.5) is 5.69 Å². The molecule has 60 valence electrons. The minimum absolute atomic E-state index is 0. The van der Waals surface area contributed by atoms with Crippen molar-refractivity contribution in [2.75, 3.05) is 5.73 Å². The van der Waals surface area contributed by atoms with Gasteiger partial charge in [0.2, 0.25) is 4.38 Å². The van der Waals surface area contributed by atoms with E-state index in [-0.39, 0.29) is 35.4 Å². The van der Waals surface area contributed by atoms with E-state index < -0.39 is 0 Å². The van der Waals surface area contributed by atoms with Crippen molar-refractivity contribution in [3.05, 3.63) is 24.3 Å². The van der Waals surface area contributed by atoms with Crippen LogP contribution in [0.15, 0.2) is 24.3 Å². The summed E-state index contributed by atoms with van der Waals surface area (Å²) in [6.45, 7) is 0. The van der Waals surface area contributed by atoms with Gasteiger partial charge < -0.3 is 11.9 Å². The zero-order valence-corrected chi connectivity index (χ0v) is 10.4. The van der Waals surface area contributed by atoms with Gasteiger partial charge in [0, 0.05) is 5.69 Å². The van der Waals surface area contributed by atoms with E-state index in [1.807, 2.05) is 0 Å². The molecule has 0 saturated heterocycles. The summed E-state index contributed by atoms with van der Waals surface area (Å²) in [5, 5.41) is 0. The molecule has 5 heteroatoms. The van der Waals surface area contributed by atoms with Gasteiger partial charge in [-0.3, -0.25) is 0 Å². The van der Waals surface area contributed by atoms with Crippen molar-refractivity contribution < 1.29 is 35.7 Å². The fourth-order valence-corrected chi connectivity index (χ4v) is 0.838. The largest absolute Gasteiger partial charge is 1.00 e. The number of nitrogens with two attached hydrogens (primary N) is 1. The number of benzene rings is 1. The van der Waals surface area contributed by atoms with Crippen LogP contribution >= 0.6 is 24.8 Å². The van der Waals surface area contributed by atoms with E-state index in [1.165, 1.54) is 0 Å². The van der Waals surface area contributed by atoms with Crippen LogP contribution in [-0.4, -0.2) is 4.38 Å². The Labute approximate surface area is 106 Å². The van der Waals surface area contributed by atoms with Gasteiger partial charge in [-0.05, 0) is 36.5 Å². The molecule has 0 atom stereocenters. The van der Waals surface area contributed by atoms with Crippen molar-refractivity contribution in [1.82, 2.24) is 0 Å². The van der Waals surface area contributed by atoms with Crippen LogP contribution in [0.1, 0.15) is 1.43 Å². The maximum atomic E-state index is 5.45. The van der Waals surface area contributed by atoms with Gasteiger partial charge in [-0.2, -0.15) is 0 Å². The monoisotopic (exact) mass is 209 g/mol. The Bertz CT molecular complexity index is 268. The van der Waals surface area contributed by atoms with Crippen LogP contribution in [0.5, 0.6) is 5.75 Å². The summed E-state index contributed by atoms with van der Waals surface area (Å²) in [5.74, 6) is 0.652. The molecule has 0 bridgehead atoms. The van der Waals surface area contributed by atoms with Crippen LogP contribution in [0.25, 0.3) is 0 Å². The van der Waals surface area contributed by atoms with Crippen molar-refractivity contribution in [2.45, 2.75) is 0 Å². The average molecular weight is 209 g/mol. The molecule has 0 amide bonds. The zero-order chi connectivity index (χ0) is 8.27. The van der Waals surface area contributed by atoms with Crippen molar-refractivity contribution in [2.24, 2.45) is 0 Å². The molecule has 0 heterocycles. The predicted molar refractivity (Wildman–Crippen MR) is 54.2 cm³/mol. The number of thiocarbonyl (C=S) groups is 1. The van der Waals surface area contributed by atoms with Gasteiger partial charge >= 0.3 is 29.6 Å². The second-order valence-electron chi connectivity index (χ2n) is 1.94. The molecule has 0 aliphatic heterocycles. The van der Waals surface area contributed by atoms with E-state index in [9.17, 15) is 0 Å². The molecular formula is C7H8NNaOS2. The smallest absolute Gasteiger partial charge is 1.00 e. The average Bonchev–Trinajstić information content (AvgIpc) is 1.93. The van der Waals surface area contributed by atoms with Gasteiger partial charge in [-0.15, -0.1) is 0 Å². The fourth-order valence-electron chi connectivity index (χ4n) is 0.637. The third-order valence-electron chi connectivity index (χ3n) is 1.09. The first-order valence-corrected chi connectivity index (χ1v) is 3.80. The second-order valence-corrected chi connectivity index (χ2v) is 3.02. The normalized spacial score (nSPS) is 8.42. The number of nitrogen functional groups attached to an aromatic ring is 1. The first kappa shape index (κ1) is 12.3. The van der Waals surface area contributed by atoms with E-state index in [0.717, 1.165) is 0 Å². The van der Waals surface area contributed by atoms with Gasteiger partial charge in [0.05, 0.1) is 0 Å². The molecular weight excluding hydrogens is 201 g/mol. The summed E-state index contributed by atoms with van der Waals surface area (Å²) < 4.78 is 5.21. The quantitative estimate of drug-likeness (QED) is 0.269. The van der Waals surface area contributed by atoms with Gasteiger partial charge in [-0.1, -0.05) is 12.6 Å². The zero-order valence-electron chi connectivity index (χ0n) is 7.65. The predicted octanol–water partition coefficient (Wildman–Crippen LogP) is -1.02. The van der Waals surface area contributed by atoms with Crippen molar-refractivity contribution >= 4 is 34.9 Å². The number of thiol groups is 1. The molecule has 2 nitrogen and oxygen atoms in total. The Hall–Kier alpha value is 0.260. The molecule has 0 aliphatic carbocycles. The second kappa shape index (κ2) is 5.83. The van der Waals surface area contributed by atoms with Gasteiger partial charge in [0.25, 0.3) is 0 Å². The minimum Gasteiger partial charge on any atom is -1.00 e. The molecule has 2 N–H and O–H groups in total. The number of anilines is 1. The van der Waals surface area contributed by atoms with Crippen molar-refractivity contribution in [3.8, 4) is 5.75 Å². The van der Waals surface area contributed by atoms with Crippen molar-refractivity contribution in [3.63, 3.8) is 0 Å². The molecule has 0 saturated carbocycles. The van der Waals surface area contributed by atoms with Crippen LogP contribution < -0.4 is 40.0 Å². The molecule has 0 spiro atoms. The number of hydrogen-bond acceptors (Lipinski definition) is 3. The third kappa shape index (κ3) is 4.33. The van der Waals surface area contributed by atoms with Gasteiger partial charge in [0.1, 0.15) is 5.75 Å². The SMILES string of the molecule is Nc1ccc(OC(=S)S)cc1.[H-].[Na+]. The number of hydrogen-bond donors (Lipinski definition) is 2. The summed E-state index contributed by atoms with van der Waals surface area (Å²) in [6, 6.07) is 6.94. The fraction of sp³-hybridized carbons (Fsp3) is 0. The van der Waals surface area contributed by atoms with Gasteiger partial charge in [-0.25, -0.2) is 0 Å². The summed E-state index contributed by atoms with van der Waals surface area (Å²) in [7, 11) is 0. The van der Waals surface area contributed by atoms with Crippen LogP contribution in [-0.2, 0) is 0 Å². The van der Waals surface area contributed by atoms with E-state index in [0.29, 0.717) is 11.4 Å². The number of rotatable bonds is 1. The Balaban J connectivity index is 0. The topological polar surface area (TPSA) is 35.2 Å². The van der Waals surface area contributed by atoms with Crippen LogP contribution in [0.2, 0.25) is 0 Å². The molecule has 0 aromatic heterocycles. The van der Waals surface area contributed by atoms with Crippen molar-refractivity contribution in [1.29, 1.82) is 0 Å². The summed E-state index contributed by atoms with van der Waals surface area (Å²) in [5.41, 5.74) is 6.15. The summed E-state index contributed by atoms with van der Waals surface area (Å²) in [4.78, 5) is 0. The summed E-state index contributed by atoms with van der Waals surface area (Å²) >= 11 is 8.43. The number of ether oxygens (including phenoxy) is 1. The molecule has 1 aromatic rings. The molecule has 12 heavy (non-hydrogen) atoms. The third-order valence-corrected chi connectivity index (χ3v) is 1.26. The molecule has 1 rings (SSSR count). The molecule has 0 unspecified atom stereocenters. The van der Waals surface area contributed by atoms with E-state index >= 15 is 0 Å². The maximum Gasteiger partial charge on any atom is 1.00 e. The van der Waals surface area contributed by atoms with Gasteiger partial charge in [0.15, 0.2) is 0 Å². The maximum absolute atomic E-state index is 5.45. The van der Waals surface area contributed by atoms with E-state index in [4.69, 9.17) is 10.5 Å². The van der Waals surface area contributed by atoms with Crippen LogP contribution in [0.3, 0.4) is 0 Å². The first-order valence-electron chi connectivity index (χ1n) is 2.95. The van der Waals surface area contributed by atoms with Crippen LogP contribution in [0, 0.1) is 0 Å². The van der Waals surface area contributed by atoms with E-state index in [1.54, 1.807) is 24.3 Å². The standard InChI is InChI=1S/C7H7NOS2.Na.H/c8-5-1-3-6(4-2-5)9-7(10)11;;/h1-4H,8H2,(H,10,11);;/q;+1;-1. The Kier molecular flexibility index (Phi) is 5.96. The molecule has 0 radical (unpaired) electrons. The molecule has 1 aromatic carbocycles. The Morgan fingerprint density at radius 1 is 1.42 bits per heavy atom. The van der Waals surface area contributed by atoms with E-state index in [2.05, 4.69) is 24.8 Å². The molecule has 0 fully saturated rings. The minimum atomic E-state index is 0. The first-order chi connectivity index (χ1) is 5.18. The summed E-state index contributed by atoms with van der Waals surface area (Å²) in [6.07, 6.45) is 0. The Morgan fingerprint density at radius 3 is 2.33 bits per heavy atom. The Morgan fingerprint density at radius 2 is 1.92 bits per heavy atom.